The van der Waals surface area contributed by atoms with E-state index in [4.69, 9.17) is 0 Å². The Balaban J connectivity index is 2.57. The van der Waals surface area contributed by atoms with Crippen molar-refractivity contribution < 1.29 is 0 Å². The average Bonchev–Trinajstić information content (AvgIpc) is 2.58. The minimum Gasteiger partial charge on any atom is -0.358 e. The summed E-state index contributed by atoms with van der Waals surface area (Å²) >= 11 is 1.78. The third-order valence-electron chi connectivity index (χ3n) is 2.27. The number of fused-ring (bicyclic) bond motifs is 1. The van der Waals surface area contributed by atoms with Crippen LogP contribution in [0.2, 0.25) is 0 Å². The van der Waals surface area contributed by atoms with Gasteiger partial charge in [-0.15, -0.1) is 11.8 Å². The SMILES string of the molecule is CCc1cc2ccc(SC)cc2[nH]1. The first kappa shape index (κ1) is 8.70. The Labute approximate surface area is 82.5 Å². The Kier molecular flexibility index (Phi) is 2.32. The van der Waals surface area contributed by atoms with Gasteiger partial charge in [0.25, 0.3) is 0 Å². The highest BCUT2D eigenvalue weighted by molar-refractivity contribution is 7.98. The van der Waals surface area contributed by atoms with Crippen LogP contribution in [0.4, 0.5) is 0 Å². The van der Waals surface area contributed by atoms with E-state index in [1.807, 2.05) is 0 Å². The van der Waals surface area contributed by atoms with Crippen molar-refractivity contribution in [2.45, 2.75) is 18.2 Å². The van der Waals surface area contributed by atoms with Gasteiger partial charge in [0.05, 0.1) is 0 Å². The lowest BCUT2D eigenvalue weighted by molar-refractivity contribution is 1.07. The molecule has 0 aliphatic heterocycles. The van der Waals surface area contributed by atoms with Crippen LogP contribution in [0.15, 0.2) is 29.2 Å². The molecular weight excluding hydrogens is 178 g/mol. The van der Waals surface area contributed by atoms with Gasteiger partial charge in [0.1, 0.15) is 0 Å². The Morgan fingerprint density at radius 1 is 1.31 bits per heavy atom. The van der Waals surface area contributed by atoms with Gasteiger partial charge in [-0.2, -0.15) is 0 Å². The average molecular weight is 191 g/mol. The van der Waals surface area contributed by atoms with Gasteiger partial charge in [0.15, 0.2) is 0 Å². The highest BCUT2D eigenvalue weighted by atomic mass is 32.2. The van der Waals surface area contributed by atoms with E-state index in [0.717, 1.165) is 6.42 Å². The molecule has 2 rings (SSSR count). The minimum atomic E-state index is 1.07. The lowest BCUT2D eigenvalue weighted by Gasteiger charge is -1.94. The minimum absolute atomic E-state index is 1.07. The number of rotatable bonds is 2. The summed E-state index contributed by atoms with van der Waals surface area (Å²) in [6, 6.07) is 8.77. The topological polar surface area (TPSA) is 15.8 Å². The highest BCUT2D eigenvalue weighted by Gasteiger charge is 1.99. The van der Waals surface area contributed by atoms with Crippen molar-refractivity contribution >= 4 is 22.7 Å². The van der Waals surface area contributed by atoms with E-state index < -0.39 is 0 Å². The zero-order chi connectivity index (χ0) is 9.26. The number of hydrogen-bond donors (Lipinski definition) is 1. The molecule has 0 bridgehead atoms. The first-order valence-corrected chi connectivity index (χ1v) is 5.71. The second kappa shape index (κ2) is 3.46. The maximum atomic E-state index is 3.41. The van der Waals surface area contributed by atoms with Crippen molar-refractivity contribution in [2.75, 3.05) is 6.26 Å². The fourth-order valence-electron chi connectivity index (χ4n) is 1.48. The summed E-state index contributed by atoms with van der Waals surface area (Å²) in [6.07, 6.45) is 3.17. The Hall–Kier alpha value is -0.890. The number of aryl methyl sites for hydroxylation is 1. The number of thioether (sulfide) groups is 1. The second-order valence-corrected chi connectivity index (χ2v) is 3.98. The lowest BCUT2D eigenvalue weighted by atomic mass is 10.2. The predicted molar refractivity (Wildman–Crippen MR) is 59.5 cm³/mol. The molecule has 0 saturated carbocycles. The van der Waals surface area contributed by atoms with Crippen LogP contribution in [0.3, 0.4) is 0 Å². The third kappa shape index (κ3) is 1.59. The Bertz CT molecular complexity index is 415. The summed E-state index contributed by atoms with van der Waals surface area (Å²) in [7, 11) is 0. The highest BCUT2D eigenvalue weighted by Crippen LogP contribution is 2.22. The third-order valence-corrected chi connectivity index (χ3v) is 2.99. The lowest BCUT2D eigenvalue weighted by Crippen LogP contribution is -1.75. The van der Waals surface area contributed by atoms with Crippen LogP contribution >= 0.6 is 11.8 Å². The molecule has 0 fully saturated rings. The maximum absolute atomic E-state index is 3.41. The Morgan fingerprint density at radius 3 is 2.85 bits per heavy atom. The summed E-state index contributed by atoms with van der Waals surface area (Å²) < 4.78 is 0. The fraction of sp³-hybridized carbons (Fsp3) is 0.273. The molecule has 1 aromatic carbocycles. The smallest absolute Gasteiger partial charge is 0.0467 e. The molecule has 1 heterocycles. The molecule has 1 N–H and O–H groups in total. The van der Waals surface area contributed by atoms with Crippen LogP contribution in [-0.2, 0) is 6.42 Å². The molecule has 0 radical (unpaired) electrons. The monoisotopic (exact) mass is 191 g/mol. The summed E-state index contributed by atoms with van der Waals surface area (Å²) in [5, 5.41) is 1.31. The summed E-state index contributed by atoms with van der Waals surface area (Å²) in [5.41, 5.74) is 2.57. The summed E-state index contributed by atoms with van der Waals surface area (Å²) in [4.78, 5) is 4.72. The predicted octanol–water partition coefficient (Wildman–Crippen LogP) is 3.45. The van der Waals surface area contributed by atoms with E-state index in [1.54, 1.807) is 11.8 Å². The van der Waals surface area contributed by atoms with Gasteiger partial charge in [0.2, 0.25) is 0 Å². The molecular formula is C11H13NS. The van der Waals surface area contributed by atoms with E-state index >= 15 is 0 Å². The molecule has 1 nitrogen and oxygen atoms in total. The molecule has 13 heavy (non-hydrogen) atoms. The van der Waals surface area contributed by atoms with Crippen molar-refractivity contribution in [1.82, 2.24) is 4.98 Å². The van der Waals surface area contributed by atoms with Gasteiger partial charge in [-0.25, -0.2) is 0 Å². The van der Waals surface area contributed by atoms with E-state index in [1.165, 1.54) is 21.5 Å². The van der Waals surface area contributed by atoms with Crippen LogP contribution < -0.4 is 0 Å². The molecule has 2 heteroatoms. The number of aromatic amines is 1. The first-order valence-electron chi connectivity index (χ1n) is 4.49. The first-order chi connectivity index (χ1) is 6.33. The summed E-state index contributed by atoms with van der Waals surface area (Å²) in [5.74, 6) is 0. The van der Waals surface area contributed by atoms with E-state index in [-0.39, 0.29) is 0 Å². The number of H-pyrrole nitrogens is 1. The van der Waals surface area contributed by atoms with E-state index in [9.17, 15) is 0 Å². The van der Waals surface area contributed by atoms with Crippen LogP contribution in [0.1, 0.15) is 12.6 Å². The van der Waals surface area contributed by atoms with E-state index in [0.29, 0.717) is 0 Å². The number of aromatic nitrogens is 1. The molecule has 0 unspecified atom stereocenters. The standard InChI is InChI=1S/C11H13NS/c1-3-9-6-8-4-5-10(13-2)7-11(8)12-9/h4-7,12H,3H2,1-2H3. The second-order valence-electron chi connectivity index (χ2n) is 3.10. The number of nitrogens with one attached hydrogen (secondary N) is 1. The number of benzene rings is 1. The Morgan fingerprint density at radius 2 is 2.15 bits per heavy atom. The van der Waals surface area contributed by atoms with Crippen LogP contribution in [-0.4, -0.2) is 11.2 Å². The zero-order valence-electron chi connectivity index (χ0n) is 7.92. The quantitative estimate of drug-likeness (QED) is 0.719. The summed E-state index contributed by atoms with van der Waals surface area (Å²) in [6.45, 7) is 2.17. The molecule has 0 amide bonds. The largest absolute Gasteiger partial charge is 0.358 e. The molecule has 68 valence electrons. The molecule has 0 saturated heterocycles. The maximum Gasteiger partial charge on any atom is 0.0467 e. The van der Waals surface area contributed by atoms with Crippen LogP contribution in [0, 0.1) is 0 Å². The molecule has 1 aromatic heterocycles. The number of hydrogen-bond acceptors (Lipinski definition) is 1. The van der Waals surface area contributed by atoms with Crippen molar-refractivity contribution in [1.29, 1.82) is 0 Å². The van der Waals surface area contributed by atoms with Crippen LogP contribution in [0.5, 0.6) is 0 Å². The van der Waals surface area contributed by atoms with Crippen LogP contribution in [0.25, 0.3) is 10.9 Å². The zero-order valence-corrected chi connectivity index (χ0v) is 8.74. The van der Waals surface area contributed by atoms with Gasteiger partial charge in [-0.05, 0) is 36.3 Å². The molecule has 0 atom stereocenters. The van der Waals surface area contributed by atoms with Gasteiger partial charge in [-0.3, -0.25) is 0 Å². The van der Waals surface area contributed by atoms with Crippen molar-refractivity contribution in [3.05, 3.63) is 30.0 Å². The fourth-order valence-corrected chi connectivity index (χ4v) is 1.92. The molecule has 0 spiro atoms. The molecule has 2 aromatic rings. The normalized spacial score (nSPS) is 10.9. The van der Waals surface area contributed by atoms with Gasteiger partial charge in [0, 0.05) is 16.1 Å². The van der Waals surface area contributed by atoms with Gasteiger partial charge in [-0.1, -0.05) is 13.0 Å². The van der Waals surface area contributed by atoms with Crippen molar-refractivity contribution in [2.24, 2.45) is 0 Å². The molecule has 0 aliphatic carbocycles. The molecule has 0 aliphatic rings. The van der Waals surface area contributed by atoms with E-state index in [2.05, 4.69) is 42.4 Å². The van der Waals surface area contributed by atoms with Gasteiger partial charge >= 0.3 is 0 Å². The van der Waals surface area contributed by atoms with Crippen molar-refractivity contribution in [3.63, 3.8) is 0 Å². The van der Waals surface area contributed by atoms with Crippen molar-refractivity contribution in [3.8, 4) is 0 Å². The van der Waals surface area contributed by atoms with Gasteiger partial charge < -0.3 is 4.98 Å².